The van der Waals surface area contributed by atoms with E-state index in [2.05, 4.69) is 27.2 Å². The Morgan fingerprint density at radius 1 is 1.38 bits per heavy atom. The molecule has 1 fully saturated rings. The van der Waals surface area contributed by atoms with Gasteiger partial charge >= 0.3 is 0 Å². The fourth-order valence-electron chi connectivity index (χ4n) is 4.08. The molecule has 0 saturated carbocycles. The molecule has 2 aromatic heterocycles. The van der Waals surface area contributed by atoms with Gasteiger partial charge in [-0.25, -0.2) is 4.98 Å². The van der Waals surface area contributed by atoms with Crippen molar-refractivity contribution in [1.82, 2.24) is 29.5 Å². The minimum Gasteiger partial charge on any atom is -0.373 e. The van der Waals surface area contributed by atoms with Gasteiger partial charge < -0.3 is 14.6 Å². The van der Waals surface area contributed by atoms with Gasteiger partial charge in [-0.15, -0.1) is 0 Å². The molecule has 140 valence electrons. The Bertz CT molecular complexity index is 782. The Morgan fingerprint density at radius 2 is 2.27 bits per heavy atom. The molecule has 1 amide bonds. The van der Waals surface area contributed by atoms with E-state index >= 15 is 0 Å². The number of carbonyl (C=O) groups is 1. The highest BCUT2D eigenvalue weighted by atomic mass is 16.5. The zero-order chi connectivity index (χ0) is 18.1. The van der Waals surface area contributed by atoms with Gasteiger partial charge in [0.25, 0.3) is 5.91 Å². The largest absolute Gasteiger partial charge is 0.373 e. The van der Waals surface area contributed by atoms with Crippen LogP contribution in [-0.2, 0) is 24.8 Å². The minimum absolute atomic E-state index is 0.0610. The number of nitrogens with zero attached hydrogens (tertiary/aromatic N) is 5. The molecule has 1 saturated heterocycles. The normalized spacial score (nSPS) is 23.2. The number of amides is 1. The zero-order valence-corrected chi connectivity index (χ0v) is 15.4. The lowest BCUT2D eigenvalue weighted by Gasteiger charge is -2.40. The molecule has 26 heavy (non-hydrogen) atoms. The van der Waals surface area contributed by atoms with Gasteiger partial charge in [-0.05, 0) is 19.4 Å². The summed E-state index contributed by atoms with van der Waals surface area (Å²) in [5, 5.41) is 7.38. The van der Waals surface area contributed by atoms with Crippen molar-refractivity contribution in [2.45, 2.75) is 38.5 Å². The van der Waals surface area contributed by atoms with E-state index in [4.69, 9.17) is 4.74 Å². The van der Waals surface area contributed by atoms with Gasteiger partial charge in [0.2, 0.25) is 0 Å². The van der Waals surface area contributed by atoms with E-state index in [1.807, 2.05) is 28.8 Å². The molecule has 0 spiro atoms. The van der Waals surface area contributed by atoms with Gasteiger partial charge in [-0.2, -0.15) is 5.10 Å². The van der Waals surface area contributed by atoms with Crippen LogP contribution < -0.4 is 5.32 Å². The summed E-state index contributed by atoms with van der Waals surface area (Å²) < 4.78 is 10.0. The molecule has 0 bridgehead atoms. The van der Waals surface area contributed by atoms with Crippen LogP contribution in [0.4, 0.5) is 0 Å². The molecule has 8 heteroatoms. The van der Waals surface area contributed by atoms with Gasteiger partial charge in [0, 0.05) is 32.9 Å². The molecule has 2 aromatic rings. The van der Waals surface area contributed by atoms with Crippen LogP contribution in [0.5, 0.6) is 0 Å². The van der Waals surface area contributed by atoms with Gasteiger partial charge in [0.1, 0.15) is 0 Å². The number of ether oxygens (including phenoxy) is 1. The second-order valence-electron chi connectivity index (χ2n) is 6.95. The third-order valence-electron chi connectivity index (χ3n) is 5.46. The number of fused-ring (bicyclic) bond motifs is 1. The van der Waals surface area contributed by atoms with E-state index in [9.17, 15) is 4.79 Å². The van der Waals surface area contributed by atoms with E-state index in [0.29, 0.717) is 18.7 Å². The van der Waals surface area contributed by atoms with Gasteiger partial charge in [-0.3, -0.25) is 14.4 Å². The topological polar surface area (TPSA) is 77.2 Å². The summed E-state index contributed by atoms with van der Waals surface area (Å²) in [5.74, 6) is -0.0610. The maximum Gasteiger partial charge on any atom is 0.254 e. The number of aromatic nitrogens is 4. The Labute approximate surface area is 153 Å². The van der Waals surface area contributed by atoms with Crippen LogP contribution >= 0.6 is 0 Å². The predicted octanol–water partition coefficient (Wildman–Crippen LogP) is 0.755. The Balaban J connectivity index is 1.48. The first-order valence-corrected chi connectivity index (χ1v) is 9.33. The smallest absolute Gasteiger partial charge is 0.254 e. The minimum atomic E-state index is -0.105. The van der Waals surface area contributed by atoms with Crippen LogP contribution in [0, 0.1) is 0 Å². The molecule has 0 unspecified atom stereocenters. The molecule has 2 aliphatic heterocycles. The highest BCUT2D eigenvalue weighted by molar-refractivity contribution is 5.95. The fraction of sp³-hybridized carbons (Fsp3) is 0.611. The summed E-state index contributed by atoms with van der Waals surface area (Å²) in [6.45, 7) is 6.01. The van der Waals surface area contributed by atoms with Crippen LogP contribution in [0.3, 0.4) is 0 Å². The van der Waals surface area contributed by atoms with Crippen LogP contribution in [-0.4, -0.2) is 62.5 Å². The second kappa shape index (κ2) is 7.20. The first kappa shape index (κ1) is 17.2. The molecule has 0 radical (unpaired) electrons. The molecule has 0 aromatic carbocycles. The highest BCUT2D eigenvalue weighted by Gasteiger charge is 2.35. The first-order chi connectivity index (χ1) is 12.7. The molecule has 8 nitrogen and oxygen atoms in total. The van der Waals surface area contributed by atoms with Crippen LogP contribution in [0.25, 0.3) is 0 Å². The lowest BCUT2D eigenvalue weighted by Crippen LogP contribution is -2.50. The van der Waals surface area contributed by atoms with Gasteiger partial charge in [0.15, 0.2) is 0 Å². The van der Waals surface area contributed by atoms with Gasteiger partial charge in [0.05, 0.1) is 48.2 Å². The lowest BCUT2D eigenvalue weighted by atomic mass is 10.0. The Kier molecular flexibility index (Phi) is 4.78. The third kappa shape index (κ3) is 3.03. The molecule has 4 heterocycles. The number of hydrogen-bond donors (Lipinski definition) is 1. The number of carbonyl (C=O) groups excluding carboxylic acids is 1. The van der Waals surface area contributed by atoms with Crippen molar-refractivity contribution in [3.8, 4) is 0 Å². The monoisotopic (exact) mass is 358 g/mol. The summed E-state index contributed by atoms with van der Waals surface area (Å²) in [7, 11) is 2.00. The molecule has 2 atom stereocenters. The number of morpholine rings is 1. The van der Waals surface area contributed by atoms with Crippen molar-refractivity contribution in [1.29, 1.82) is 0 Å². The van der Waals surface area contributed by atoms with E-state index in [1.54, 1.807) is 6.20 Å². The lowest BCUT2D eigenvalue weighted by molar-refractivity contribution is -0.0706. The summed E-state index contributed by atoms with van der Waals surface area (Å²) in [5.41, 5.74) is 2.85. The number of imidazole rings is 1. The number of rotatable bonds is 5. The van der Waals surface area contributed by atoms with Crippen LogP contribution in [0.15, 0.2) is 18.7 Å². The SMILES string of the molecule is CCN1CCO[C@@H](CNC(=O)c2cnn3c2CCC3)[C@@H]1c1cncn1C. The molecule has 1 N–H and O–H groups in total. The Hall–Kier alpha value is -2.19. The molecule has 0 aliphatic carbocycles. The molecular formula is C18H26N6O2. The summed E-state index contributed by atoms with van der Waals surface area (Å²) in [4.78, 5) is 19.3. The number of nitrogens with one attached hydrogen (secondary N) is 1. The second-order valence-corrected chi connectivity index (χ2v) is 6.95. The van der Waals surface area contributed by atoms with E-state index in [-0.39, 0.29) is 18.1 Å². The van der Waals surface area contributed by atoms with Crippen molar-refractivity contribution < 1.29 is 9.53 Å². The fourth-order valence-corrected chi connectivity index (χ4v) is 4.08. The number of hydrogen-bond acceptors (Lipinski definition) is 5. The summed E-state index contributed by atoms with van der Waals surface area (Å²) in [6.07, 6.45) is 7.26. The maximum atomic E-state index is 12.7. The van der Waals surface area contributed by atoms with Crippen molar-refractivity contribution >= 4 is 5.91 Å². The molecular weight excluding hydrogens is 332 g/mol. The molecule has 2 aliphatic rings. The average molecular weight is 358 g/mol. The van der Waals surface area contributed by atoms with Gasteiger partial charge in [-0.1, -0.05) is 6.92 Å². The predicted molar refractivity (Wildman–Crippen MR) is 95.8 cm³/mol. The Morgan fingerprint density at radius 3 is 3.04 bits per heavy atom. The zero-order valence-electron chi connectivity index (χ0n) is 15.4. The number of likely N-dealkylation sites (N-methyl/N-ethyl adjacent to an activating group) is 1. The highest BCUT2D eigenvalue weighted by Crippen LogP contribution is 2.28. The van der Waals surface area contributed by atoms with Crippen molar-refractivity contribution in [3.05, 3.63) is 35.7 Å². The van der Waals surface area contributed by atoms with Crippen LogP contribution in [0.2, 0.25) is 0 Å². The first-order valence-electron chi connectivity index (χ1n) is 9.33. The quantitative estimate of drug-likeness (QED) is 0.854. The summed E-state index contributed by atoms with van der Waals surface area (Å²) >= 11 is 0. The third-order valence-corrected chi connectivity index (χ3v) is 5.46. The molecule has 4 rings (SSSR count). The maximum absolute atomic E-state index is 12.7. The van der Waals surface area contributed by atoms with Crippen LogP contribution in [0.1, 0.15) is 41.1 Å². The van der Waals surface area contributed by atoms with Crippen molar-refractivity contribution in [3.63, 3.8) is 0 Å². The van der Waals surface area contributed by atoms with E-state index in [1.165, 1.54) is 0 Å². The summed E-state index contributed by atoms with van der Waals surface area (Å²) in [6, 6.07) is 0.0828. The van der Waals surface area contributed by atoms with E-state index < -0.39 is 0 Å². The van der Waals surface area contributed by atoms with E-state index in [0.717, 1.165) is 43.9 Å². The average Bonchev–Trinajstić information content (AvgIpc) is 3.36. The van der Waals surface area contributed by atoms with Crippen molar-refractivity contribution in [2.24, 2.45) is 7.05 Å². The van der Waals surface area contributed by atoms with Crippen molar-refractivity contribution in [2.75, 3.05) is 26.2 Å². The standard InChI is InChI=1S/C18H26N6O2/c1-3-23-7-8-26-16(17(23)15-10-19-12-22(15)2)11-20-18(25)13-9-21-24-6-4-5-14(13)24/h9-10,12,16-17H,3-8,11H2,1-2H3,(H,20,25)/t16-,17-/m0/s1. The number of aryl methyl sites for hydroxylation is 2.